The number of pyridine rings is 2. The van der Waals surface area contributed by atoms with Gasteiger partial charge in [0.15, 0.2) is 5.15 Å². The molecule has 0 unspecified atom stereocenters. The van der Waals surface area contributed by atoms with Crippen LogP contribution in [0.15, 0.2) is 67.0 Å². The lowest BCUT2D eigenvalue weighted by Crippen LogP contribution is -2.19. The van der Waals surface area contributed by atoms with Gasteiger partial charge in [0, 0.05) is 29.6 Å². The molecule has 5 rings (SSSR count). The molecule has 4 nitrogen and oxygen atoms in total. The van der Waals surface area contributed by atoms with Crippen LogP contribution in [0.25, 0.3) is 22.0 Å². The van der Waals surface area contributed by atoms with Crippen molar-refractivity contribution >= 4 is 45.8 Å². The van der Waals surface area contributed by atoms with Crippen LogP contribution in [0.5, 0.6) is 0 Å². The van der Waals surface area contributed by atoms with Gasteiger partial charge in [0.05, 0.1) is 28.0 Å². The highest BCUT2D eigenvalue weighted by Crippen LogP contribution is 2.49. The minimum Gasteiger partial charge on any atom is -0.374 e. The Hall–Kier alpha value is -3.20. The summed E-state index contributed by atoms with van der Waals surface area (Å²) in [6.45, 7) is 1.86. The summed E-state index contributed by atoms with van der Waals surface area (Å²) in [6.07, 6.45) is 7.80. The summed E-state index contributed by atoms with van der Waals surface area (Å²) in [4.78, 5) is 9.05. The Labute approximate surface area is 203 Å². The van der Waals surface area contributed by atoms with Crippen LogP contribution in [0.4, 0.5) is 11.4 Å². The average molecular weight is 471 g/mol. The summed E-state index contributed by atoms with van der Waals surface area (Å²) in [5.74, 6) is 6.29. The van der Waals surface area contributed by atoms with Gasteiger partial charge in [-0.1, -0.05) is 65.9 Å². The van der Waals surface area contributed by atoms with E-state index in [9.17, 15) is 0 Å². The van der Waals surface area contributed by atoms with Crippen LogP contribution in [0.1, 0.15) is 30.9 Å². The van der Waals surface area contributed by atoms with Crippen molar-refractivity contribution < 1.29 is 0 Å². The topological polar surface area (TPSA) is 49.8 Å². The van der Waals surface area contributed by atoms with E-state index < -0.39 is 0 Å². The Bertz CT molecular complexity index is 1390. The van der Waals surface area contributed by atoms with Crippen LogP contribution >= 0.6 is 23.5 Å². The maximum absolute atomic E-state index is 6.25. The van der Waals surface area contributed by atoms with Crippen molar-refractivity contribution in [3.8, 4) is 23.0 Å². The smallest absolute Gasteiger partial charge is 0.152 e. The lowest BCUT2D eigenvalue weighted by atomic mass is 10.00. The summed E-state index contributed by atoms with van der Waals surface area (Å²) < 4.78 is 3.20. The maximum atomic E-state index is 6.25. The number of nitrogens with one attached hydrogen (secondary N) is 2. The largest absolute Gasteiger partial charge is 0.374 e. The second kappa shape index (κ2) is 8.97. The highest BCUT2D eigenvalue weighted by Gasteiger charge is 2.44. The molecule has 2 N–H and O–H groups in total. The highest BCUT2D eigenvalue weighted by atomic mass is 35.5. The maximum Gasteiger partial charge on any atom is 0.152 e. The number of rotatable bonds is 6. The van der Waals surface area contributed by atoms with E-state index in [1.165, 1.54) is 17.5 Å². The molecule has 0 atom stereocenters. The molecule has 0 radical (unpaired) electrons. The molecule has 1 aliphatic carbocycles. The molecule has 0 amide bonds. The normalized spacial score (nSPS) is 13.8. The summed E-state index contributed by atoms with van der Waals surface area (Å²) in [6, 6.07) is 19.0. The van der Waals surface area contributed by atoms with Crippen LogP contribution in [-0.4, -0.2) is 16.2 Å². The van der Waals surface area contributed by atoms with Crippen molar-refractivity contribution in [1.82, 2.24) is 9.97 Å². The first-order valence-electron chi connectivity index (χ1n) is 10.8. The zero-order valence-electron chi connectivity index (χ0n) is 18.4. The van der Waals surface area contributed by atoms with Gasteiger partial charge in [0.2, 0.25) is 0 Å². The van der Waals surface area contributed by atoms with Gasteiger partial charge in [-0.15, -0.1) is 5.92 Å². The van der Waals surface area contributed by atoms with E-state index in [0.717, 1.165) is 51.8 Å². The fourth-order valence-electron chi connectivity index (χ4n) is 4.13. The van der Waals surface area contributed by atoms with Crippen molar-refractivity contribution in [2.45, 2.75) is 25.3 Å². The molecule has 2 aromatic carbocycles. The van der Waals surface area contributed by atoms with Gasteiger partial charge >= 0.3 is 0 Å². The second-order valence-corrected chi connectivity index (χ2v) is 9.07. The van der Waals surface area contributed by atoms with Crippen LogP contribution in [0.2, 0.25) is 5.15 Å². The first-order valence-corrected chi connectivity index (χ1v) is 12.4. The Morgan fingerprint density at radius 3 is 2.55 bits per heavy atom. The minimum absolute atomic E-state index is 0.0625. The summed E-state index contributed by atoms with van der Waals surface area (Å²) in [5.41, 5.74) is 6.93. The van der Waals surface area contributed by atoms with E-state index in [1.807, 2.05) is 25.4 Å². The molecular formula is C27H23ClN4S. The molecule has 33 heavy (non-hydrogen) atoms. The molecule has 2 aromatic heterocycles. The fourth-order valence-corrected chi connectivity index (χ4v) is 4.71. The lowest BCUT2D eigenvalue weighted by molar-refractivity contribution is 0.809. The Kier molecular flexibility index (Phi) is 5.88. The van der Waals surface area contributed by atoms with E-state index in [4.69, 9.17) is 11.6 Å². The van der Waals surface area contributed by atoms with E-state index in [0.29, 0.717) is 5.15 Å². The van der Waals surface area contributed by atoms with Gasteiger partial charge in [-0.25, -0.2) is 4.98 Å². The first-order chi connectivity index (χ1) is 16.1. The molecule has 6 heteroatoms. The highest BCUT2D eigenvalue weighted by molar-refractivity contribution is 7.99. The third-order valence-corrected chi connectivity index (χ3v) is 6.68. The van der Waals surface area contributed by atoms with Gasteiger partial charge in [0.1, 0.15) is 0 Å². The molecule has 1 aliphatic rings. The summed E-state index contributed by atoms with van der Waals surface area (Å²) in [5, 5.41) is 5.37. The van der Waals surface area contributed by atoms with Crippen molar-refractivity contribution in [2.75, 3.05) is 16.3 Å². The summed E-state index contributed by atoms with van der Waals surface area (Å²) >= 11 is 7.74. The number of nitrogens with zero attached hydrogens (tertiary/aromatic N) is 2. The monoisotopic (exact) mass is 470 g/mol. The van der Waals surface area contributed by atoms with Crippen LogP contribution in [-0.2, 0) is 5.54 Å². The number of halogens is 1. The number of hydrogen-bond acceptors (Lipinski definition) is 5. The molecule has 164 valence electrons. The average Bonchev–Trinajstić information content (AvgIpc) is 3.63. The molecule has 0 bridgehead atoms. The quantitative estimate of drug-likeness (QED) is 0.178. The third kappa shape index (κ3) is 4.25. The van der Waals surface area contributed by atoms with E-state index in [2.05, 4.69) is 80.4 Å². The van der Waals surface area contributed by atoms with Crippen LogP contribution in [0, 0.1) is 11.8 Å². The molecule has 1 saturated carbocycles. The van der Waals surface area contributed by atoms with Gasteiger partial charge < -0.3 is 10.0 Å². The van der Waals surface area contributed by atoms with E-state index in [1.54, 1.807) is 6.20 Å². The molecule has 0 spiro atoms. The standard InChI is InChI=1S/C27H23ClN4S/c1-3-7-19-16-29-23-11-10-18(20-15-24(32-33-2)26(28)30-17-20)14-22(23)25(19)31-27(12-13-27)21-8-5-4-6-9-21/h4-6,8-11,14-17,32H,12-13H2,1-2H3,(H,29,31). The molecule has 4 aromatic rings. The minimum atomic E-state index is -0.0625. The van der Waals surface area contributed by atoms with Gasteiger partial charge in [-0.2, -0.15) is 0 Å². The van der Waals surface area contributed by atoms with E-state index in [-0.39, 0.29) is 5.54 Å². The SMILES string of the molecule is CC#Cc1cnc2ccc(-c3cnc(Cl)c(NSC)c3)cc2c1NC1(c2ccccc2)CC1. The zero-order chi connectivity index (χ0) is 22.8. The molecule has 1 fully saturated rings. The predicted octanol–water partition coefficient (Wildman–Crippen LogP) is 7.11. The number of benzene rings is 2. The van der Waals surface area contributed by atoms with Crippen LogP contribution in [0.3, 0.4) is 0 Å². The predicted molar refractivity (Wildman–Crippen MR) is 141 cm³/mol. The fraction of sp³-hybridized carbons (Fsp3) is 0.185. The second-order valence-electron chi connectivity index (χ2n) is 8.10. The number of anilines is 2. The van der Waals surface area contributed by atoms with Gasteiger partial charge in [0.25, 0.3) is 0 Å². The van der Waals surface area contributed by atoms with Crippen molar-refractivity contribution in [3.63, 3.8) is 0 Å². The Morgan fingerprint density at radius 2 is 1.82 bits per heavy atom. The van der Waals surface area contributed by atoms with Crippen molar-refractivity contribution in [1.29, 1.82) is 0 Å². The summed E-state index contributed by atoms with van der Waals surface area (Å²) in [7, 11) is 0. The van der Waals surface area contributed by atoms with Crippen molar-refractivity contribution in [3.05, 3.63) is 83.3 Å². The first kappa shape index (κ1) is 21.6. The van der Waals surface area contributed by atoms with Gasteiger partial charge in [-0.3, -0.25) is 4.98 Å². The third-order valence-electron chi connectivity index (χ3n) is 5.95. The molecule has 0 saturated heterocycles. The Morgan fingerprint density at radius 1 is 1.00 bits per heavy atom. The van der Waals surface area contributed by atoms with Crippen LogP contribution < -0.4 is 10.0 Å². The Balaban J connectivity index is 1.64. The number of hydrogen-bond donors (Lipinski definition) is 2. The van der Waals surface area contributed by atoms with E-state index >= 15 is 0 Å². The van der Waals surface area contributed by atoms with Crippen molar-refractivity contribution in [2.24, 2.45) is 0 Å². The number of fused-ring (bicyclic) bond motifs is 1. The zero-order valence-corrected chi connectivity index (χ0v) is 20.0. The molecule has 0 aliphatic heterocycles. The number of aromatic nitrogens is 2. The van der Waals surface area contributed by atoms with Gasteiger partial charge in [-0.05, 0) is 49.1 Å². The lowest BCUT2D eigenvalue weighted by Gasteiger charge is -2.22. The molecule has 2 heterocycles. The molecular weight excluding hydrogens is 448 g/mol.